The maximum absolute atomic E-state index is 13.1. The third kappa shape index (κ3) is 7.45. The molecule has 0 radical (unpaired) electrons. The van der Waals surface area contributed by atoms with Crippen molar-refractivity contribution < 1.29 is 28.6 Å². The summed E-state index contributed by atoms with van der Waals surface area (Å²) in [4.78, 5) is 37.8. The molecule has 2 aromatic carbocycles. The van der Waals surface area contributed by atoms with E-state index in [-0.39, 0.29) is 42.1 Å². The highest BCUT2D eigenvalue weighted by atomic mass is 16.6. The maximum atomic E-state index is 13.1. The number of ether oxygens (including phenoxy) is 3. The number of carbonyl (C=O) groups is 3. The Labute approximate surface area is 196 Å². The molecule has 6 heteroatoms. The van der Waals surface area contributed by atoms with Crippen molar-refractivity contribution in [2.45, 2.75) is 54.3 Å². The quantitative estimate of drug-likeness (QED) is 0.351. The number of esters is 3. The Balaban J connectivity index is 2.15. The summed E-state index contributed by atoms with van der Waals surface area (Å²) in [6.45, 7) is 11.4. The van der Waals surface area contributed by atoms with Crippen molar-refractivity contribution in [1.82, 2.24) is 0 Å². The van der Waals surface area contributed by atoms with Crippen LogP contribution in [0.3, 0.4) is 0 Å². The molecule has 1 atom stereocenters. The summed E-state index contributed by atoms with van der Waals surface area (Å²) in [5.41, 5.74) is 0.501. The van der Waals surface area contributed by atoms with Crippen molar-refractivity contribution in [3.05, 3.63) is 71.3 Å². The Morgan fingerprint density at radius 1 is 0.788 bits per heavy atom. The van der Waals surface area contributed by atoms with Crippen LogP contribution >= 0.6 is 0 Å². The predicted molar refractivity (Wildman–Crippen MR) is 126 cm³/mol. The molecule has 0 aromatic heterocycles. The minimum absolute atomic E-state index is 0.0427. The number of hydrogen-bond donors (Lipinski definition) is 0. The first-order chi connectivity index (χ1) is 15.5. The first-order valence-corrected chi connectivity index (χ1v) is 11.2. The predicted octanol–water partition coefficient (Wildman–Crippen LogP) is 5.45. The van der Waals surface area contributed by atoms with Gasteiger partial charge >= 0.3 is 17.9 Å². The fourth-order valence-corrected chi connectivity index (χ4v) is 3.52. The van der Waals surface area contributed by atoms with Crippen molar-refractivity contribution in [2.24, 2.45) is 17.3 Å². The molecule has 0 unspecified atom stereocenters. The highest BCUT2D eigenvalue weighted by Gasteiger charge is 2.37. The van der Waals surface area contributed by atoms with E-state index in [1.807, 2.05) is 58.0 Å². The fraction of sp³-hybridized carbons (Fsp3) is 0.444. The minimum atomic E-state index is -0.628. The summed E-state index contributed by atoms with van der Waals surface area (Å²) < 4.78 is 16.7. The molecule has 0 fully saturated rings. The van der Waals surface area contributed by atoms with E-state index in [1.165, 1.54) is 0 Å². The molecule has 0 aliphatic rings. The Morgan fingerprint density at radius 2 is 1.33 bits per heavy atom. The second-order valence-corrected chi connectivity index (χ2v) is 9.43. The van der Waals surface area contributed by atoms with Gasteiger partial charge in [0.15, 0.2) is 0 Å². The molecular weight excluding hydrogens is 420 g/mol. The lowest BCUT2D eigenvalue weighted by Gasteiger charge is -2.36. The molecule has 178 valence electrons. The van der Waals surface area contributed by atoms with Gasteiger partial charge in [-0.05, 0) is 23.6 Å². The number of benzene rings is 2. The number of carbonyl (C=O) groups excluding carboxylic acids is 3. The van der Waals surface area contributed by atoms with Crippen LogP contribution < -0.4 is 0 Å². The van der Waals surface area contributed by atoms with Crippen LogP contribution in [0.15, 0.2) is 54.6 Å². The van der Waals surface area contributed by atoms with E-state index in [0.717, 1.165) is 5.56 Å². The van der Waals surface area contributed by atoms with Gasteiger partial charge in [-0.1, -0.05) is 84.0 Å². The van der Waals surface area contributed by atoms with Crippen molar-refractivity contribution >= 4 is 17.9 Å². The van der Waals surface area contributed by atoms with Crippen molar-refractivity contribution in [3.8, 4) is 0 Å². The molecule has 0 saturated heterocycles. The average molecular weight is 455 g/mol. The summed E-state index contributed by atoms with van der Waals surface area (Å²) in [6.07, 6.45) is -0.543. The van der Waals surface area contributed by atoms with Gasteiger partial charge in [0.25, 0.3) is 0 Å². The lowest BCUT2D eigenvalue weighted by atomic mass is 9.81. The van der Waals surface area contributed by atoms with Crippen LogP contribution in [0, 0.1) is 17.3 Å². The molecule has 2 aromatic rings. The van der Waals surface area contributed by atoms with E-state index in [4.69, 9.17) is 14.2 Å². The first-order valence-electron chi connectivity index (χ1n) is 11.2. The Kier molecular flexibility index (Phi) is 9.21. The highest BCUT2D eigenvalue weighted by Crippen LogP contribution is 2.31. The summed E-state index contributed by atoms with van der Waals surface area (Å²) in [7, 11) is 0. The average Bonchev–Trinajstić information content (AvgIpc) is 2.79. The molecular formula is C27H34O6. The minimum Gasteiger partial charge on any atom is -0.465 e. The van der Waals surface area contributed by atoms with E-state index in [9.17, 15) is 14.4 Å². The lowest BCUT2D eigenvalue weighted by molar-refractivity contribution is -0.153. The molecule has 0 aliphatic heterocycles. The zero-order valence-corrected chi connectivity index (χ0v) is 20.3. The topological polar surface area (TPSA) is 78.9 Å². The van der Waals surface area contributed by atoms with E-state index in [2.05, 4.69) is 0 Å². The van der Waals surface area contributed by atoms with Gasteiger partial charge in [0, 0.05) is 5.41 Å². The molecule has 33 heavy (non-hydrogen) atoms. The van der Waals surface area contributed by atoms with Crippen LogP contribution in [0.5, 0.6) is 0 Å². The van der Waals surface area contributed by atoms with Gasteiger partial charge in [0.05, 0.1) is 23.7 Å². The van der Waals surface area contributed by atoms with Gasteiger partial charge in [0.2, 0.25) is 0 Å². The monoisotopic (exact) mass is 454 g/mol. The second-order valence-electron chi connectivity index (χ2n) is 9.43. The van der Waals surface area contributed by atoms with Crippen LogP contribution in [-0.2, 0) is 25.6 Å². The van der Waals surface area contributed by atoms with Crippen molar-refractivity contribution in [1.29, 1.82) is 0 Å². The molecule has 0 bridgehead atoms. The third-order valence-corrected chi connectivity index (χ3v) is 5.25. The molecule has 0 amide bonds. The van der Waals surface area contributed by atoms with Gasteiger partial charge in [-0.3, -0.25) is 4.79 Å². The molecule has 0 saturated carbocycles. The van der Waals surface area contributed by atoms with E-state index >= 15 is 0 Å². The third-order valence-electron chi connectivity index (χ3n) is 5.25. The maximum Gasteiger partial charge on any atom is 0.339 e. The molecule has 0 heterocycles. The molecule has 6 nitrogen and oxygen atoms in total. The normalized spacial score (nSPS) is 12.4. The zero-order valence-electron chi connectivity index (χ0n) is 20.3. The van der Waals surface area contributed by atoms with Gasteiger partial charge in [-0.2, -0.15) is 0 Å². The number of hydrogen-bond acceptors (Lipinski definition) is 6. The largest absolute Gasteiger partial charge is 0.465 e. The first kappa shape index (κ1) is 26.1. The Morgan fingerprint density at radius 3 is 1.88 bits per heavy atom. The van der Waals surface area contributed by atoms with Crippen molar-refractivity contribution in [3.63, 3.8) is 0 Å². The Bertz CT molecular complexity index is 946. The van der Waals surface area contributed by atoms with Crippen LogP contribution in [0.25, 0.3) is 0 Å². The van der Waals surface area contributed by atoms with E-state index in [0.29, 0.717) is 0 Å². The Hall–Kier alpha value is -3.15. The standard InChI is InChI=1S/C27H34O6/c1-18(2)23(27(5,6)17-32-24(28)19(3)4)33-26(30)22-15-11-10-14-21(22)25(29)31-16-20-12-8-7-9-13-20/h7-15,18-19,23H,16-17H2,1-6H3/t23-/m0/s1. The summed E-state index contributed by atoms with van der Waals surface area (Å²) >= 11 is 0. The van der Waals surface area contributed by atoms with Gasteiger partial charge in [-0.15, -0.1) is 0 Å². The SMILES string of the molecule is CC(C)C(=O)OCC(C)(C)[C@@H](OC(=O)c1ccccc1C(=O)OCc1ccccc1)C(C)C. The van der Waals surface area contributed by atoms with Crippen LogP contribution in [-0.4, -0.2) is 30.6 Å². The summed E-state index contributed by atoms with van der Waals surface area (Å²) in [5.74, 6) is -1.81. The second kappa shape index (κ2) is 11.6. The lowest BCUT2D eigenvalue weighted by Crippen LogP contribution is -2.42. The molecule has 0 aliphatic carbocycles. The zero-order chi connectivity index (χ0) is 24.6. The summed E-state index contributed by atoms with van der Waals surface area (Å²) in [6, 6.07) is 15.8. The van der Waals surface area contributed by atoms with Crippen LogP contribution in [0.4, 0.5) is 0 Å². The van der Waals surface area contributed by atoms with Gasteiger partial charge in [0.1, 0.15) is 12.7 Å². The van der Waals surface area contributed by atoms with Gasteiger partial charge < -0.3 is 14.2 Å². The van der Waals surface area contributed by atoms with Gasteiger partial charge in [-0.25, -0.2) is 9.59 Å². The van der Waals surface area contributed by atoms with E-state index < -0.39 is 23.5 Å². The summed E-state index contributed by atoms with van der Waals surface area (Å²) in [5, 5.41) is 0. The van der Waals surface area contributed by atoms with Crippen molar-refractivity contribution in [2.75, 3.05) is 6.61 Å². The van der Waals surface area contributed by atoms with Crippen LogP contribution in [0.2, 0.25) is 0 Å². The molecule has 2 rings (SSSR count). The molecule has 0 spiro atoms. The van der Waals surface area contributed by atoms with E-state index in [1.54, 1.807) is 38.1 Å². The molecule has 0 N–H and O–H groups in total. The smallest absolute Gasteiger partial charge is 0.339 e. The van der Waals surface area contributed by atoms with Crippen LogP contribution in [0.1, 0.15) is 67.8 Å². The fourth-order valence-electron chi connectivity index (χ4n) is 3.52. The number of rotatable bonds is 10. The highest BCUT2D eigenvalue weighted by molar-refractivity contribution is 6.03.